The predicted octanol–water partition coefficient (Wildman–Crippen LogP) is 3.34. The van der Waals surface area contributed by atoms with Gasteiger partial charge in [0.15, 0.2) is 6.29 Å². The van der Waals surface area contributed by atoms with Crippen molar-refractivity contribution in [2.45, 2.75) is 58.9 Å². The van der Waals surface area contributed by atoms with Gasteiger partial charge in [0, 0.05) is 19.6 Å². The molecule has 1 heterocycles. The van der Waals surface area contributed by atoms with Crippen molar-refractivity contribution < 1.29 is 4.79 Å². The second-order valence-corrected chi connectivity index (χ2v) is 6.38. The maximum atomic E-state index is 11.4. The van der Waals surface area contributed by atoms with Crippen LogP contribution >= 0.6 is 0 Å². The molecule has 0 spiro atoms. The van der Waals surface area contributed by atoms with Crippen LogP contribution in [0.5, 0.6) is 0 Å². The van der Waals surface area contributed by atoms with Crippen LogP contribution in [0.2, 0.25) is 0 Å². The van der Waals surface area contributed by atoms with Crippen molar-refractivity contribution >= 4 is 12.1 Å². The third-order valence-electron chi connectivity index (χ3n) is 4.34. The van der Waals surface area contributed by atoms with E-state index < -0.39 is 0 Å². The fraction of sp³-hybridized carbons (Fsp3) is 0.750. The Morgan fingerprint density at radius 3 is 2.60 bits per heavy atom. The van der Waals surface area contributed by atoms with Gasteiger partial charge in [0.1, 0.15) is 5.82 Å². The average molecular weight is 277 g/mol. The minimum Gasteiger partial charge on any atom is -0.353 e. The molecule has 112 valence electrons. The van der Waals surface area contributed by atoms with Crippen molar-refractivity contribution in [1.82, 2.24) is 9.78 Å². The van der Waals surface area contributed by atoms with Gasteiger partial charge in [0.25, 0.3) is 0 Å². The molecule has 0 unspecified atom stereocenters. The van der Waals surface area contributed by atoms with Crippen molar-refractivity contribution in [2.24, 2.45) is 13.0 Å². The highest BCUT2D eigenvalue weighted by Crippen LogP contribution is 2.31. The van der Waals surface area contributed by atoms with Crippen LogP contribution in [0.4, 0.5) is 5.82 Å². The van der Waals surface area contributed by atoms with Gasteiger partial charge in [-0.2, -0.15) is 5.10 Å². The number of aldehydes is 1. The number of rotatable bonds is 6. The van der Waals surface area contributed by atoms with Gasteiger partial charge in [-0.3, -0.25) is 9.48 Å². The van der Waals surface area contributed by atoms with Crippen molar-refractivity contribution in [3.8, 4) is 0 Å². The Labute approximate surface area is 122 Å². The van der Waals surface area contributed by atoms with Crippen molar-refractivity contribution in [2.75, 3.05) is 11.4 Å². The quantitative estimate of drug-likeness (QED) is 0.749. The first-order valence-corrected chi connectivity index (χ1v) is 7.80. The molecule has 0 atom stereocenters. The normalized spacial score (nSPS) is 16.1. The van der Waals surface area contributed by atoms with Gasteiger partial charge in [0.2, 0.25) is 0 Å². The molecule has 1 aromatic heterocycles. The number of carbonyl (C=O) groups excluding carboxylic acids is 1. The molecule has 0 amide bonds. The zero-order valence-electron chi connectivity index (χ0n) is 13.2. The Bertz CT molecular complexity index is 459. The molecular formula is C16H27N3O. The maximum absolute atomic E-state index is 11.4. The van der Waals surface area contributed by atoms with Gasteiger partial charge in [-0.25, -0.2) is 0 Å². The third kappa shape index (κ3) is 3.05. The Morgan fingerprint density at radius 2 is 2.05 bits per heavy atom. The summed E-state index contributed by atoms with van der Waals surface area (Å²) < 4.78 is 1.89. The number of anilines is 1. The third-order valence-corrected chi connectivity index (χ3v) is 4.34. The molecule has 20 heavy (non-hydrogen) atoms. The first kappa shape index (κ1) is 15.1. The van der Waals surface area contributed by atoms with Gasteiger partial charge < -0.3 is 4.90 Å². The van der Waals surface area contributed by atoms with Crippen molar-refractivity contribution in [1.29, 1.82) is 0 Å². The van der Waals surface area contributed by atoms with E-state index in [9.17, 15) is 4.79 Å². The lowest BCUT2D eigenvalue weighted by Gasteiger charge is -2.32. The van der Waals surface area contributed by atoms with Crippen molar-refractivity contribution in [3.05, 3.63) is 11.3 Å². The summed E-state index contributed by atoms with van der Waals surface area (Å²) in [5.74, 6) is 1.69. The maximum Gasteiger partial charge on any atom is 0.155 e. The van der Waals surface area contributed by atoms with Gasteiger partial charge >= 0.3 is 0 Å². The average Bonchev–Trinajstić information content (AvgIpc) is 2.99. The lowest BCUT2D eigenvalue weighted by molar-refractivity contribution is 0.112. The highest BCUT2D eigenvalue weighted by molar-refractivity contribution is 5.85. The van der Waals surface area contributed by atoms with Crippen LogP contribution in [-0.2, 0) is 7.05 Å². The molecule has 4 nitrogen and oxygen atoms in total. The fourth-order valence-electron chi connectivity index (χ4n) is 3.22. The Hall–Kier alpha value is -1.32. The van der Waals surface area contributed by atoms with Gasteiger partial charge in [-0.1, -0.05) is 26.7 Å². The van der Waals surface area contributed by atoms with E-state index in [1.807, 2.05) is 18.7 Å². The second-order valence-electron chi connectivity index (χ2n) is 6.38. The molecule has 0 N–H and O–H groups in total. The highest BCUT2D eigenvalue weighted by atomic mass is 16.1. The molecule has 1 saturated carbocycles. The van der Waals surface area contributed by atoms with E-state index in [2.05, 4.69) is 23.8 Å². The molecule has 1 fully saturated rings. The summed E-state index contributed by atoms with van der Waals surface area (Å²) in [6, 6.07) is 0.572. The molecule has 0 bridgehead atoms. The topological polar surface area (TPSA) is 38.1 Å². The largest absolute Gasteiger partial charge is 0.353 e. The van der Waals surface area contributed by atoms with Crippen molar-refractivity contribution in [3.63, 3.8) is 0 Å². The van der Waals surface area contributed by atoms with Gasteiger partial charge in [-0.05, 0) is 32.1 Å². The highest BCUT2D eigenvalue weighted by Gasteiger charge is 2.27. The number of carbonyl (C=O) groups is 1. The standard InChI is InChI=1S/C16H27N3O/c1-12(2)9-10-19(14-7-5-6-8-14)16-15(11-20)13(3)17-18(16)4/h11-12,14H,5-10H2,1-4H3. The summed E-state index contributed by atoms with van der Waals surface area (Å²) in [4.78, 5) is 13.9. The summed E-state index contributed by atoms with van der Waals surface area (Å²) in [6.07, 6.45) is 7.20. The Kier molecular flexibility index (Phi) is 4.84. The molecular weight excluding hydrogens is 250 g/mol. The lowest BCUT2D eigenvalue weighted by atomic mass is 10.1. The van der Waals surface area contributed by atoms with Crippen LogP contribution in [-0.4, -0.2) is 28.7 Å². The monoisotopic (exact) mass is 277 g/mol. The van der Waals surface area contributed by atoms with Crippen LogP contribution in [0.3, 0.4) is 0 Å². The first-order chi connectivity index (χ1) is 9.54. The van der Waals surface area contributed by atoms with E-state index in [1.165, 1.54) is 25.7 Å². The van der Waals surface area contributed by atoms with Crippen LogP contribution in [0, 0.1) is 12.8 Å². The smallest absolute Gasteiger partial charge is 0.155 e. The minimum atomic E-state index is 0.572. The number of nitrogens with zero attached hydrogens (tertiary/aromatic N) is 3. The summed E-state index contributed by atoms with van der Waals surface area (Å²) in [6.45, 7) is 7.44. The zero-order valence-corrected chi connectivity index (χ0v) is 13.2. The van der Waals surface area contributed by atoms with E-state index in [0.29, 0.717) is 12.0 Å². The molecule has 1 aliphatic carbocycles. The van der Waals surface area contributed by atoms with Gasteiger partial charge in [0.05, 0.1) is 11.3 Å². The van der Waals surface area contributed by atoms with E-state index in [-0.39, 0.29) is 0 Å². The lowest BCUT2D eigenvalue weighted by Crippen LogP contribution is -2.36. The molecule has 0 aromatic carbocycles. The van der Waals surface area contributed by atoms with Crippen LogP contribution < -0.4 is 4.90 Å². The molecule has 0 radical (unpaired) electrons. The van der Waals surface area contributed by atoms with E-state index in [4.69, 9.17) is 0 Å². The van der Waals surface area contributed by atoms with E-state index in [0.717, 1.165) is 36.3 Å². The Morgan fingerprint density at radius 1 is 1.40 bits per heavy atom. The summed E-state index contributed by atoms with van der Waals surface area (Å²) >= 11 is 0. The zero-order chi connectivity index (χ0) is 14.7. The van der Waals surface area contributed by atoms with Crippen LogP contribution in [0.25, 0.3) is 0 Å². The number of aryl methyl sites for hydroxylation is 2. The predicted molar refractivity (Wildman–Crippen MR) is 82.4 cm³/mol. The molecule has 1 aliphatic rings. The Balaban J connectivity index is 2.31. The minimum absolute atomic E-state index is 0.572. The summed E-state index contributed by atoms with van der Waals surface area (Å²) in [7, 11) is 1.95. The first-order valence-electron chi connectivity index (χ1n) is 7.80. The van der Waals surface area contributed by atoms with E-state index in [1.54, 1.807) is 0 Å². The van der Waals surface area contributed by atoms with E-state index >= 15 is 0 Å². The molecule has 1 aromatic rings. The molecule has 0 aliphatic heterocycles. The number of aromatic nitrogens is 2. The second kappa shape index (κ2) is 6.42. The molecule has 2 rings (SSSR count). The fourth-order valence-corrected chi connectivity index (χ4v) is 3.22. The van der Waals surface area contributed by atoms with Gasteiger partial charge in [-0.15, -0.1) is 0 Å². The number of hydrogen-bond acceptors (Lipinski definition) is 3. The summed E-state index contributed by atoms with van der Waals surface area (Å²) in [5, 5.41) is 4.45. The SMILES string of the molecule is Cc1nn(C)c(N(CCC(C)C)C2CCCC2)c1C=O. The molecule has 4 heteroatoms. The summed E-state index contributed by atoms with van der Waals surface area (Å²) in [5.41, 5.74) is 1.60. The van der Waals surface area contributed by atoms with Crippen LogP contribution in [0.15, 0.2) is 0 Å². The molecule has 0 saturated heterocycles. The van der Waals surface area contributed by atoms with Crippen LogP contribution in [0.1, 0.15) is 62.0 Å². The number of hydrogen-bond donors (Lipinski definition) is 0.